The number of hydrogen-bond donors (Lipinski definition) is 3. The molecule has 1 rings (SSSR count). The monoisotopic (exact) mass is 273 g/mol. The van der Waals surface area contributed by atoms with Crippen molar-refractivity contribution in [2.45, 2.75) is 18.7 Å². The lowest BCUT2D eigenvalue weighted by Gasteiger charge is -2.21. The fourth-order valence-electron chi connectivity index (χ4n) is 1.15. The lowest BCUT2D eigenvalue weighted by atomic mass is 9.96. The molecule has 0 aliphatic rings. The molecule has 0 aliphatic heterocycles. The summed E-state index contributed by atoms with van der Waals surface area (Å²) in [6, 6.07) is 5.28. The number of nitrogens with one attached hydrogen (secondary N) is 1. The van der Waals surface area contributed by atoms with Gasteiger partial charge in [-0.25, -0.2) is 5.84 Å². The van der Waals surface area contributed by atoms with E-state index in [4.69, 9.17) is 23.2 Å². The predicted octanol–water partition coefficient (Wildman–Crippen LogP) is 2.03. The highest BCUT2D eigenvalue weighted by molar-refractivity contribution is 7.99. The van der Waals surface area contributed by atoms with E-state index in [1.165, 1.54) is 11.8 Å². The van der Waals surface area contributed by atoms with Crippen LogP contribution in [0, 0.1) is 5.41 Å². The summed E-state index contributed by atoms with van der Waals surface area (Å²) in [5.74, 6) is 5.49. The van der Waals surface area contributed by atoms with Gasteiger partial charge in [-0.2, -0.15) is 0 Å². The number of halogens is 1. The molecule has 94 valence electrons. The highest BCUT2D eigenvalue weighted by atomic mass is 35.5. The largest absolute Gasteiger partial charge is 0.399 e. The number of anilines is 1. The number of benzene rings is 1. The second kappa shape index (κ2) is 5.62. The van der Waals surface area contributed by atoms with Gasteiger partial charge >= 0.3 is 0 Å². The van der Waals surface area contributed by atoms with Gasteiger partial charge in [0.25, 0.3) is 0 Å². The Labute approximate surface area is 110 Å². The van der Waals surface area contributed by atoms with Gasteiger partial charge < -0.3 is 5.73 Å². The SMILES string of the molecule is CC(C)(CSc1cc(N)ccc1Cl)C(=O)NN. The average Bonchev–Trinajstić information content (AvgIpc) is 2.29. The summed E-state index contributed by atoms with van der Waals surface area (Å²) in [7, 11) is 0. The van der Waals surface area contributed by atoms with Gasteiger partial charge in [0.2, 0.25) is 5.91 Å². The first-order valence-corrected chi connectivity index (χ1v) is 6.42. The summed E-state index contributed by atoms with van der Waals surface area (Å²) in [4.78, 5) is 12.4. The number of carbonyl (C=O) groups excluding carboxylic acids is 1. The maximum atomic E-state index is 11.5. The molecule has 0 aromatic heterocycles. The van der Waals surface area contributed by atoms with Gasteiger partial charge in [0, 0.05) is 16.3 Å². The second-order valence-electron chi connectivity index (χ2n) is 4.34. The molecule has 0 bridgehead atoms. The molecule has 17 heavy (non-hydrogen) atoms. The predicted molar refractivity (Wildman–Crippen MR) is 72.7 cm³/mol. The molecule has 1 aromatic carbocycles. The molecule has 0 aliphatic carbocycles. The van der Waals surface area contributed by atoms with Crippen molar-refractivity contribution in [2.75, 3.05) is 11.5 Å². The van der Waals surface area contributed by atoms with Gasteiger partial charge in [-0.05, 0) is 18.2 Å². The minimum Gasteiger partial charge on any atom is -0.399 e. The number of carbonyl (C=O) groups is 1. The highest BCUT2D eigenvalue weighted by Gasteiger charge is 2.27. The van der Waals surface area contributed by atoms with Crippen molar-refractivity contribution in [3.05, 3.63) is 23.2 Å². The first-order valence-electron chi connectivity index (χ1n) is 5.05. The van der Waals surface area contributed by atoms with Gasteiger partial charge in [-0.3, -0.25) is 10.2 Å². The maximum Gasteiger partial charge on any atom is 0.240 e. The van der Waals surface area contributed by atoms with Gasteiger partial charge in [0.15, 0.2) is 0 Å². The zero-order valence-electron chi connectivity index (χ0n) is 9.79. The third kappa shape index (κ3) is 3.80. The van der Waals surface area contributed by atoms with Crippen molar-refractivity contribution in [3.63, 3.8) is 0 Å². The van der Waals surface area contributed by atoms with E-state index in [0.29, 0.717) is 16.5 Å². The Kier molecular flexibility index (Phi) is 4.68. The van der Waals surface area contributed by atoms with Crippen molar-refractivity contribution in [2.24, 2.45) is 11.3 Å². The topological polar surface area (TPSA) is 81.1 Å². The Morgan fingerprint density at radius 2 is 2.18 bits per heavy atom. The Hall–Kier alpha value is -0.910. The third-order valence-corrected chi connectivity index (χ3v) is 4.25. The Balaban J connectivity index is 2.73. The van der Waals surface area contributed by atoms with Crippen LogP contribution in [-0.4, -0.2) is 11.7 Å². The molecule has 6 heteroatoms. The fraction of sp³-hybridized carbons (Fsp3) is 0.364. The Bertz CT molecular complexity index is 423. The number of hydrazine groups is 1. The zero-order chi connectivity index (χ0) is 13.1. The molecule has 4 nitrogen and oxygen atoms in total. The van der Waals surface area contributed by atoms with Gasteiger partial charge in [0.1, 0.15) is 0 Å². The van der Waals surface area contributed by atoms with E-state index in [-0.39, 0.29) is 5.91 Å². The summed E-state index contributed by atoms with van der Waals surface area (Å²) < 4.78 is 0. The smallest absolute Gasteiger partial charge is 0.240 e. The highest BCUT2D eigenvalue weighted by Crippen LogP contribution is 2.33. The van der Waals surface area contributed by atoms with Crippen LogP contribution in [0.25, 0.3) is 0 Å². The van der Waals surface area contributed by atoms with Crippen LogP contribution in [0.2, 0.25) is 5.02 Å². The van der Waals surface area contributed by atoms with Crippen molar-refractivity contribution in [3.8, 4) is 0 Å². The standard InChI is InChI=1S/C11H16ClN3OS/c1-11(2,10(16)15-14)6-17-9-5-7(13)3-4-8(9)12/h3-5H,6,13-14H2,1-2H3,(H,15,16). The Morgan fingerprint density at radius 3 is 2.76 bits per heavy atom. The molecule has 0 saturated carbocycles. The maximum absolute atomic E-state index is 11.5. The number of rotatable bonds is 4. The molecule has 5 N–H and O–H groups in total. The van der Waals surface area contributed by atoms with Crippen LogP contribution in [0.1, 0.15) is 13.8 Å². The van der Waals surface area contributed by atoms with Gasteiger partial charge in [-0.1, -0.05) is 25.4 Å². The Morgan fingerprint density at radius 1 is 1.53 bits per heavy atom. The van der Waals surface area contributed by atoms with Crippen molar-refractivity contribution in [1.29, 1.82) is 0 Å². The molecular weight excluding hydrogens is 258 g/mol. The molecule has 0 heterocycles. The second-order valence-corrected chi connectivity index (χ2v) is 5.76. The van der Waals surface area contributed by atoms with E-state index in [2.05, 4.69) is 5.43 Å². The molecule has 0 atom stereocenters. The normalized spacial score (nSPS) is 11.3. The summed E-state index contributed by atoms with van der Waals surface area (Å²) in [5.41, 5.74) is 7.93. The summed E-state index contributed by atoms with van der Waals surface area (Å²) >= 11 is 7.52. The molecule has 0 radical (unpaired) electrons. The minimum atomic E-state index is -0.562. The molecular formula is C11H16ClN3OS. The number of nitrogen functional groups attached to an aromatic ring is 1. The fourth-order valence-corrected chi connectivity index (χ4v) is 2.50. The first-order chi connectivity index (χ1) is 7.86. The van der Waals surface area contributed by atoms with E-state index in [9.17, 15) is 4.79 Å². The lowest BCUT2D eigenvalue weighted by Crippen LogP contribution is -2.42. The van der Waals surface area contributed by atoms with E-state index < -0.39 is 5.41 Å². The van der Waals surface area contributed by atoms with Crippen LogP contribution >= 0.6 is 23.4 Å². The molecule has 0 saturated heterocycles. The summed E-state index contributed by atoms with van der Waals surface area (Å²) in [5, 5.41) is 0.633. The number of amides is 1. The number of hydrogen-bond acceptors (Lipinski definition) is 4. The lowest BCUT2D eigenvalue weighted by molar-refractivity contribution is -0.128. The van der Waals surface area contributed by atoms with Crippen LogP contribution in [0.4, 0.5) is 5.69 Å². The van der Waals surface area contributed by atoms with Gasteiger partial charge in [0.05, 0.1) is 10.4 Å². The van der Waals surface area contributed by atoms with E-state index >= 15 is 0 Å². The van der Waals surface area contributed by atoms with Crippen molar-refractivity contribution in [1.82, 2.24) is 5.43 Å². The van der Waals surface area contributed by atoms with Crippen LogP contribution in [-0.2, 0) is 4.79 Å². The van der Waals surface area contributed by atoms with Crippen molar-refractivity contribution < 1.29 is 4.79 Å². The molecule has 0 fully saturated rings. The third-order valence-electron chi connectivity index (χ3n) is 2.29. The van der Waals surface area contributed by atoms with Crippen LogP contribution < -0.4 is 17.0 Å². The molecule has 1 aromatic rings. The molecule has 0 spiro atoms. The van der Waals surface area contributed by atoms with Crippen LogP contribution in [0.5, 0.6) is 0 Å². The first kappa shape index (κ1) is 14.2. The minimum absolute atomic E-state index is 0.204. The van der Waals surface area contributed by atoms with Crippen molar-refractivity contribution >= 4 is 35.0 Å². The summed E-state index contributed by atoms with van der Waals surface area (Å²) in [6.45, 7) is 3.64. The summed E-state index contributed by atoms with van der Waals surface area (Å²) in [6.07, 6.45) is 0. The van der Waals surface area contributed by atoms with Crippen LogP contribution in [0.15, 0.2) is 23.1 Å². The number of nitrogens with two attached hydrogens (primary N) is 2. The van der Waals surface area contributed by atoms with Gasteiger partial charge in [-0.15, -0.1) is 11.8 Å². The number of thioether (sulfide) groups is 1. The molecule has 0 unspecified atom stereocenters. The average molecular weight is 274 g/mol. The van der Waals surface area contributed by atoms with Crippen LogP contribution in [0.3, 0.4) is 0 Å². The van der Waals surface area contributed by atoms with E-state index in [1.54, 1.807) is 18.2 Å². The molecule has 1 amide bonds. The van der Waals surface area contributed by atoms with E-state index in [1.807, 2.05) is 13.8 Å². The van der Waals surface area contributed by atoms with E-state index in [0.717, 1.165) is 4.90 Å². The quantitative estimate of drug-likeness (QED) is 0.258. The zero-order valence-corrected chi connectivity index (χ0v) is 11.4.